The summed E-state index contributed by atoms with van der Waals surface area (Å²) in [6.07, 6.45) is 10.8. The maximum absolute atomic E-state index is 4.82. The minimum Gasteiger partial charge on any atom is -0.255 e. The smallest absolute Gasteiger partial charge is 0.0884 e. The molecule has 0 aliphatic heterocycles. The lowest BCUT2D eigenvalue weighted by molar-refractivity contribution is 0.443. The largest absolute Gasteiger partial charge is 0.255 e. The number of hydrogen-bond acceptors (Lipinski definition) is 2. The van der Waals surface area contributed by atoms with Crippen LogP contribution in [0.15, 0.2) is 36.7 Å². The highest BCUT2D eigenvalue weighted by atomic mass is 28.3. The molecule has 3 heteroatoms. The molecule has 1 saturated carbocycles. The molecule has 0 radical (unpaired) electrons. The molecule has 21 heavy (non-hydrogen) atoms. The first-order valence-electron chi connectivity index (χ1n) is 8.17. The number of aromatic nitrogens is 2. The molecule has 0 unspecified atom stereocenters. The van der Waals surface area contributed by atoms with Crippen LogP contribution in [-0.4, -0.2) is 18.8 Å². The van der Waals surface area contributed by atoms with Crippen LogP contribution in [-0.2, 0) is 0 Å². The van der Waals surface area contributed by atoms with E-state index in [1.807, 2.05) is 18.3 Å². The summed E-state index contributed by atoms with van der Waals surface area (Å²) >= 11 is 0. The third-order valence-electron chi connectivity index (χ3n) is 4.54. The van der Waals surface area contributed by atoms with Gasteiger partial charge in [-0.1, -0.05) is 44.5 Å². The van der Waals surface area contributed by atoms with Gasteiger partial charge in [0.2, 0.25) is 0 Å². The first-order valence-corrected chi connectivity index (χ1v) is 11.1. The molecule has 0 aromatic carbocycles. The highest BCUT2D eigenvalue weighted by Crippen LogP contribution is 2.32. The van der Waals surface area contributed by atoms with Gasteiger partial charge in [-0.2, -0.15) is 0 Å². The zero-order valence-corrected chi connectivity index (χ0v) is 14.2. The molecular weight excluding hydrogens is 272 g/mol. The van der Waals surface area contributed by atoms with E-state index in [9.17, 15) is 0 Å². The van der Waals surface area contributed by atoms with Crippen LogP contribution in [0.1, 0.15) is 43.6 Å². The van der Waals surface area contributed by atoms with E-state index in [-0.39, 0.29) is 0 Å². The summed E-state index contributed by atoms with van der Waals surface area (Å²) in [6, 6.07) is 8.53. The lowest BCUT2D eigenvalue weighted by Gasteiger charge is -2.23. The van der Waals surface area contributed by atoms with E-state index in [2.05, 4.69) is 36.4 Å². The standard InChI is InChI=1S/C18H24N2Si/c1-21(2)17-12-15(14-8-4-3-5-9-14)13-20-18(17)16-10-6-7-11-19-16/h6-7,10-14,21H,3-5,8-9H2,1-2H3. The second-order valence-electron chi connectivity index (χ2n) is 6.41. The van der Waals surface area contributed by atoms with Crippen molar-refractivity contribution in [3.63, 3.8) is 0 Å². The predicted octanol–water partition coefficient (Wildman–Crippen LogP) is 3.89. The van der Waals surface area contributed by atoms with Crippen molar-refractivity contribution >= 4 is 14.0 Å². The van der Waals surface area contributed by atoms with Crippen LogP contribution in [0, 0.1) is 0 Å². The van der Waals surface area contributed by atoms with Crippen LogP contribution >= 0.6 is 0 Å². The van der Waals surface area contributed by atoms with Crippen LogP contribution in [0.25, 0.3) is 11.4 Å². The normalized spacial score (nSPS) is 16.3. The monoisotopic (exact) mass is 296 g/mol. The van der Waals surface area contributed by atoms with Crippen molar-refractivity contribution in [1.29, 1.82) is 0 Å². The summed E-state index contributed by atoms with van der Waals surface area (Å²) in [5, 5.41) is 1.47. The molecule has 3 rings (SSSR count). The van der Waals surface area contributed by atoms with Crippen molar-refractivity contribution in [1.82, 2.24) is 9.97 Å². The Bertz CT molecular complexity index is 589. The predicted molar refractivity (Wildman–Crippen MR) is 91.8 cm³/mol. The highest BCUT2D eigenvalue weighted by Gasteiger charge is 2.19. The van der Waals surface area contributed by atoms with Crippen LogP contribution in [0.3, 0.4) is 0 Å². The van der Waals surface area contributed by atoms with Gasteiger partial charge in [-0.3, -0.25) is 9.97 Å². The fourth-order valence-electron chi connectivity index (χ4n) is 3.31. The fourth-order valence-corrected chi connectivity index (χ4v) is 4.61. The molecule has 110 valence electrons. The fraction of sp³-hybridized carbons (Fsp3) is 0.444. The summed E-state index contributed by atoms with van der Waals surface area (Å²) in [5.41, 5.74) is 3.59. The molecule has 2 aromatic heterocycles. The first-order chi connectivity index (χ1) is 10.3. The lowest BCUT2D eigenvalue weighted by atomic mass is 9.85. The van der Waals surface area contributed by atoms with Gasteiger partial charge in [0.15, 0.2) is 0 Å². The zero-order chi connectivity index (χ0) is 14.7. The van der Waals surface area contributed by atoms with Gasteiger partial charge in [-0.15, -0.1) is 0 Å². The van der Waals surface area contributed by atoms with E-state index in [1.165, 1.54) is 42.9 Å². The Morgan fingerprint density at radius 2 is 1.86 bits per heavy atom. The van der Waals surface area contributed by atoms with E-state index in [0.29, 0.717) is 0 Å². The van der Waals surface area contributed by atoms with Gasteiger partial charge in [0.05, 0.1) is 20.2 Å². The number of rotatable bonds is 3. The topological polar surface area (TPSA) is 25.8 Å². The number of nitrogens with zero attached hydrogens (tertiary/aromatic N) is 2. The lowest BCUT2D eigenvalue weighted by Crippen LogP contribution is -2.27. The molecule has 2 nitrogen and oxygen atoms in total. The zero-order valence-electron chi connectivity index (χ0n) is 13.0. The summed E-state index contributed by atoms with van der Waals surface area (Å²) in [5.74, 6) is 0.732. The van der Waals surface area contributed by atoms with Crippen molar-refractivity contribution in [3.05, 3.63) is 42.2 Å². The van der Waals surface area contributed by atoms with E-state index in [1.54, 1.807) is 0 Å². The number of hydrogen-bond donors (Lipinski definition) is 0. The Kier molecular flexibility index (Phi) is 4.49. The molecule has 0 N–H and O–H groups in total. The van der Waals surface area contributed by atoms with E-state index in [4.69, 9.17) is 4.98 Å². The van der Waals surface area contributed by atoms with Crippen molar-refractivity contribution in [2.75, 3.05) is 0 Å². The van der Waals surface area contributed by atoms with Crippen molar-refractivity contribution < 1.29 is 0 Å². The molecule has 0 spiro atoms. The highest BCUT2D eigenvalue weighted by molar-refractivity contribution is 6.72. The van der Waals surface area contributed by atoms with Crippen molar-refractivity contribution in [2.24, 2.45) is 0 Å². The van der Waals surface area contributed by atoms with Gasteiger partial charge in [0.25, 0.3) is 0 Å². The molecule has 0 bridgehead atoms. The third kappa shape index (κ3) is 3.23. The van der Waals surface area contributed by atoms with Gasteiger partial charge in [-0.05, 0) is 41.6 Å². The Morgan fingerprint density at radius 3 is 2.52 bits per heavy atom. The van der Waals surface area contributed by atoms with Gasteiger partial charge < -0.3 is 0 Å². The Morgan fingerprint density at radius 1 is 1.05 bits per heavy atom. The Labute approximate surface area is 129 Å². The summed E-state index contributed by atoms with van der Waals surface area (Å²) in [6.45, 7) is 4.77. The SMILES string of the molecule is C[SiH](C)c1cc(C2CCCCC2)cnc1-c1ccccn1. The van der Waals surface area contributed by atoms with Gasteiger partial charge in [-0.25, -0.2) is 0 Å². The Hall–Kier alpha value is -1.48. The van der Waals surface area contributed by atoms with E-state index >= 15 is 0 Å². The van der Waals surface area contributed by atoms with Gasteiger partial charge in [0.1, 0.15) is 0 Å². The van der Waals surface area contributed by atoms with E-state index < -0.39 is 8.80 Å². The summed E-state index contributed by atoms with van der Waals surface area (Å²) < 4.78 is 0. The average molecular weight is 296 g/mol. The molecule has 1 aliphatic carbocycles. The van der Waals surface area contributed by atoms with Crippen LogP contribution in [0.5, 0.6) is 0 Å². The molecule has 1 fully saturated rings. The molecule has 0 amide bonds. The average Bonchev–Trinajstić information content (AvgIpc) is 2.56. The molecule has 2 aromatic rings. The molecule has 0 atom stereocenters. The van der Waals surface area contributed by atoms with Gasteiger partial charge >= 0.3 is 0 Å². The van der Waals surface area contributed by atoms with Crippen LogP contribution in [0.2, 0.25) is 13.1 Å². The van der Waals surface area contributed by atoms with Crippen molar-refractivity contribution in [3.8, 4) is 11.4 Å². The molecular formula is C18H24N2Si. The number of pyridine rings is 2. The van der Waals surface area contributed by atoms with E-state index in [0.717, 1.165) is 17.3 Å². The third-order valence-corrected chi connectivity index (χ3v) is 6.23. The molecule has 2 heterocycles. The van der Waals surface area contributed by atoms with Gasteiger partial charge in [0, 0.05) is 12.4 Å². The minimum atomic E-state index is -0.923. The van der Waals surface area contributed by atoms with Crippen molar-refractivity contribution in [2.45, 2.75) is 51.1 Å². The maximum atomic E-state index is 4.82. The Balaban J connectivity index is 1.98. The summed E-state index contributed by atoms with van der Waals surface area (Å²) in [4.78, 5) is 9.31. The first kappa shape index (κ1) is 14.5. The molecule has 1 aliphatic rings. The molecule has 0 saturated heterocycles. The minimum absolute atomic E-state index is 0.732. The second-order valence-corrected chi connectivity index (χ2v) is 9.34. The second kappa shape index (κ2) is 6.52. The maximum Gasteiger partial charge on any atom is 0.0884 e. The quantitative estimate of drug-likeness (QED) is 0.803. The summed E-state index contributed by atoms with van der Waals surface area (Å²) in [7, 11) is -0.923. The van der Waals surface area contributed by atoms with Crippen LogP contribution < -0.4 is 5.19 Å². The van der Waals surface area contributed by atoms with Crippen LogP contribution in [0.4, 0.5) is 0 Å².